The van der Waals surface area contributed by atoms with Crippen LogP contribution < -0.4 is 17.0 Å². The van der Waals surface area contributed by atoms with E-state index < -0.39 is 0 Å². The summed E-state index contributed by atoms with van der Waals surface area (Å²) in [4.78, 5) is 0. The first-order valence-corrected chi connectivity index (χ1v) is 6.36. The van der Waals surface area contributed by atoms with Gasteiger partial charge in [-0.2, -0.15) is 5.26 Å². The van der Waals surface area contributed by atoms with Gasteiger partial charge in [-0.25, -0.2) is 5.84 Å². The number of hydrazine groups is 1. The van der Waals surface area contributed by atoms with E-state index in [0.29, 0.717) is 11.3 Å². The van der Waals surface area contributed by atoms with Crippen LogP contribution in [0.15, 0.2) is 54.2 Å². The summed E-state index contributed by atoms with van der Waals surface area (Å²) >= 11 is 0. The Bertz CT molecular complexity index is 716. The van der Waals surface area contributed by atoms with Crippen LogP contribution in [0.25, 0.3) is 16.8 Å². The first kappa shape index (κ1) is 14.6. The Labute approximate surface area is 123 Å². The monoisotopic (exact) mass is 280 g/mol. The SMILES string of the molecule is N#C/C(NN)=C(/N)c1cccc(-c2cccc(CO)c2)c1. The highest BCUT2D eigenvalue weighted by atomic mass is 16.3. The van der Waals surface area contributed by atoms with Crippen LogP contribution in [0.4, 0.5) is 0 Å². The summed E-state index contributed by atoms with van der Waals surface area (Å²) in [6.45, 7) is -0.00868. The molecule has 0 aliphatic heterocycles. The Hall–Kier alpha value is -2.81. The van der Waals surface area contributed by atoms with Gasteiger partial charge in [0, 0.05) is 5.56 Å². The molecule has 2 aromatic rings. The predicted molar refractivity (Wildman–Crippen MR) is 81.8 cm³/mol. The molecule has 0 aliphatic rings. The number of hydrogen-bond donors (Lipinski definition) is 4. The van der Waals surface area contributed by atoms with Crippen LogP contribution in [0.5, 0.6) is 0 Å². The number of aliphatic hydroxyl groups excluding tert-OH is 1. The lowest BCUT2D eigenvalue weighted by Gasteiger charge is -2.09. The molecular formula is C16H16N4O. The van der Waals surface area contributed by atoms with E-state index in [1.165, 1.54) is 0 Å². The fourth-order valence-electron chi connectivity index (χ4n) is 2.03. The molecule has 2 rings (SSSR count). The number of nitriles is 1. The number of nitrogens with two attached hydrogens (primary N) is 2. The Morgan fingerprint density at radius 2 is 1.81 bits per heavy atom. The molecule has 5 nitrogen and oxygen atoms in total. The molecule has 0 heterocycles. The van der Waals surface area contributed by atoms with Gasteiger partial charge in [-0.3, -0.25) is 0 Å². The Morgan fingerprint density at radius 1 is 1.14 bits per heavy atom. The van der Waals surface area contributed by atoms with Crippen molar-refractivity contribution in [1.82, 2.24) is 5.43 Å². The Morgan fingerprint density at radius 3 is 2.43 bits per heavy atom. The maximum Gasteiger partial charge on any atom is 0.151 e. The van der Waals surface area contributed by atoms with Crippen LogP contribution in [0.3, 0.4) is 0 Å². The number of aliphatic hydroxyl groups is 1. The van der Waals surface area contributed by atoms with Gasteiger partial charge in [0.05, 0.1) is 12.3 Å². The maximum absolute atomic E-state index is 9.20. The third kappa shape index (κ3) is 3.20. The number of nitrogens with one attached hydrogen (secondary N) is 1. The second-order valence-electron chi connectivity index (χ2n) is 4.48. The average molecular weight is 280 g/mol. The van der Waals surface area contributed by atoms with Crippen molar-refractivity contribution in [3.8, 4) is 17.2 Å². The van der Waals surface area contributed by atoms with E-state index in [1.54, 1.807) is 0 Å². The van der Waals surface area contributed by atoms with Crippen molar-refractivity contribution in [3.05, 3.63) is 65.4 Å². The summed E-state index contributed by atoms with van der Waals surface area (Å²) in [7, 11) is 0. The van der Waals surface area contributed by atoms with Gasteiger partial charge >= 0.3 is 0 Å². The highest BCUT2D eigenvalue weighted by molar-refractivity contribution is 5.74. The molecule has 0 saturated heterocycles. The van der Waals surface area contributed by atoms with Crippen LogP contribution in [-0.2, 0) is 6.61 Å². The second kappa shape index (κ2) is 6.57. The van der Waals surface area contributed by atoms with E-state index >= 15 is 0 Å². The van der Waals surface area contributed by atoms with Crippen molar-refractivity contribution in [1.29, 1.82) is 5.26 Å². The van der Waals surface area contributed by atoms with Crippen molar-refractivity contribution < 1.29 is 5.11 Å². The van der Waals surface area contributed by atoms with Gasteiger partial charge in [-0.1, -0.05) is 36.4 Å². The van der Waals surface area contributed by atoms with E-state index in [1.807, 2.05) is 54.6 Å². The van der Waals surface area contributed by atoms with E-state index in [9.17, 15) is 5.11 Å². The molecule has 6 N–H and O–H groups in total. The molecule has 0 unspecified atom stereocenters. The molecule has 0 fully saturated rings. The zero-order valence-electron chi connectivity index (χ0n) is 11.4. The van der Waals surface area contributed by atoms with E-state index in [-0.39, 0.29) is 12.3 Å². The quantitative estimate of drug-likeness (QED) is 0.385. The zero-order chi connectivity index (χ0) is 15.2. The molecule has 0 radical (unpaired) electrons. The fourth-order valence-corrected chi connectivity index (χ4v) is 2.03. The van der Waals surface area contributed by atoms with Crippen LogP contribution in [0, 0.1) is 11.3 Å². The number of rotatable bonds is 4. The summed E-state index contributed by atoms with van der Waals surface area (Å²) in [6.07, 6.45) is 0. The minimum Gasteiger partial charge on any atom is -0.396 e. The number of hydrogen-bond acceptors (Lipinski definition) is 5. The molecule has 0 aromatic heterocycles. The van der Waals surface area contributed by atoms with Gasteiger partial charge in [0.15, 0.2) is 5.70 Å². The van der Waals surface area contributed by atoms with Crippen LogP contribution in [0.1, 0.15) is 11.1 Å². The summed E-state index contributed by atoms with van der Waals surface area (Å²) in [6, 6.07) is 17.0. The summed E-state index contributed by atoms with van der Waals surface area (Å²) in [5, 5.41) is 18.2. The molecule has 5 heteroatoms. The lowest BCUT2D eigenvalue weighted by Crippen LogP contribution is -2.23. The fraction of sp³-hybridized carbons (Fsp3) is 0.0625. The second-order valence-corrected chi connectivity index (χ2v) is 4.48. The lowest BCUT2D eigenvalue weighted by atomic mass is 10.00. The third-order valence-electron chi connectivity index (χ3n) is 3.14. The first-order valence-electron chi connectivity index (χ1n) is 6.36. The van der Waals surface area contributed by atoms with Crippen molar-refractivity contribution in [2.75, 3.05) is 0 Å². The largest absolute Gasteiger partial charge is 0.396 e. The van der Waals surface area contributed by atoms with Crippen LogP contribution in [-0.4, -0.2) is 5.11 Å². The highest BCUT2D eigenvalue weighted by Gasteiger charge is 2.06. The summed E-state index contributed by atoms with van der Waals surface area (Å²) in [5.41, 5.74) is 12.1. The molecule has 21 heavy (non-hydrogen) atoms. The number of nitrogens with zero attached hydrogens (tertiary/aromatic N) is 1. The van der Waals surface area contributed by atoms with Crippen molar-refractivity contribution in [2.24, 2.45) is 11.6 Å². The summed E-state index contributed by atoms with van der Waals surface area (Å²) in [5.74, 6) is 5.27. The van der Waals surface area contributed by atoms with Crippen molar-refractivity contribution >= 4 is 5.70 Å². The molecule has 0 atom stereocenters. The van der Waals surface area contributed by atoms with Gasteiger partial charge in [0.1, 0.15) is 6.07 Å². The standard InChI is InChI=1S/C16H16N4O/c17-9-15(20-19)16(18)14-6-2-5-13(8-14)12-4-1-3-11(7-12)10-21/h1-8,20-21H,10,18-19H2/b16-15-. The summed E-state index contributed by atoms with van der Waals surface area (Å²) < 4.78 is 0. The highest BCUT2D eigenvalue weighted by Crippen LogP contribution is 2.24. The van der Waals surface area contributed by atoms with Gasteiger partial charge in [0.2, 0.25) is 0 Å². The topological polar surface area (TPSA) is 108 Å². The minimum atomic E-state index is -0.00868. The maximum atomic E-state index is 9.20. The molecular weight excluding hydrogens is 264 g/mol. The van der Waals surface area contributed by atoms with E-state index in [0.717, 1.165) is 16.7 Å². The van der Waals surface area contributed by atoms with Gasteiger partial charge < -0.3 is 16.3 Å². The van der Waals surface area contributed by atoms with Crippen molar-refractivity contribution in [3.63, 3.8) is 0 Å². The van der Waals surface area contributed by atoms with Gasteiger partial charge in [-0.05, 0) is 28.8 Å². The molecule has 0 aliphatic carbocycles. The molecule has 0 spiro atoms. The zero-order valence-corrected chi connectivity index (χ0v) is 11.4. The predicted octanol–water partition coefficient (Wildman–Crippen LogP) is 1.46. The van der Waals surface area contributed by atoms with Crippen molar-refractivity contribution in [2.45, 2.75) is 6.61 Å². The molecule has 2 aromatic carbocycles. The average Bonchev–Trinajstić information content (AvgIpc) is 2.56. The lowest BCUT2D eigenvalue weighted by molar-refractivity contribution is 0.282. The van der Waals surface area contributed by atoms with E-state index in [4.69, 9.17) is 16.8 Å². The van der Waals surface area contributed by atoms with Crippen LogP contribution >= 0.6 is 0 Å². The first-order chi connectivity index (χ1) is 10.2. The minimum absolute atomic E-state index is 0.00868. The van der Waals surface area contributed by atoms with Gasteiger partial charge in [0.25, 0.3) is 0 Å². The molecule has 0 saturated carbocycles. The van der Waals surface area contributed by atoms with Crippen LogP contribution in [0.2, 0.25) is 0 Å². The smallest absolute Gasteiger partial charge is 0.151 e. The van der Waals surface area contributed by atoms with E-state index in [2.05, 4.69) is 5.43 Å². The Kier molecular flexibility index (Phi) is 4.57. The van der Waals surface area contributed by atoms with Gasteiger partial charge in [-0.15, -0.1) is 0 Å². The molecule has 0 amide bonds. The number of allylic oxidation sites excluding steroid dienone is 1. The number of benzene rings is 2. The normalized spacial score (nSPS) is 11.5. The third-order valence-corrected chi connectivity index (χ3v) is 3.14. The Balaban J connectivity index is 2.47. The molecule has 106 valence electrons. The molecule has 0 bridgehead atoms.